The molecule has 0 bridgehead atoms. The fourth-order valence-corrected chi connectivity index (χ4v) is 9.61. The second-order valence-corrected chi connectivity index (χ2v) is 16.5. The highest BCUT2D eigenvalue weighted by Gasteiger charge is 2.35. The number of benzene rings is 9. The summed E-state index contributed by atoms with van der Waals surface area (Å²) < 4.78 is 49.8. The zero-order valence-corrected chi connectivity index (χ0v) is 35.7. The Hall–Kier alpha value is -9.67. The monoisotopic (exact) mass is 880 g/mol. The van der Waals surface area contributed by atoms with Gasteiger partial charge in [0.1, 0.15) is 0 Å². The van der Waals surface area contributed by atoms with Crippen molar-refractivity contribution < 1.29 is 13.2 Å². The van der Waals surface area contributed by atoms with Gasteiger partial charge in [-0.1, -0.05) is 84.9 Å². The quantitative estimate of drug-likeness (QED) is 0.166. The van der Waals surface area contributed by atoms with Crippen LogP contribution in [0.3, 0.4) is 0 Å². The van der Waals surface area contributed by atoms with E-state index in [0.29, 0.717) is 39.2 Å². The molecule has 0 saturated carbocycles. The first-order chi connectivity index (χ1) is 33.1. The second-order valence-electron chi connectivity index (χ2n) is 16.5. The summed E-state index contributed by atoms with van der Waals surface area (Å²) in [5, 5.41) is 43.2. The van der Waals surface area contributed by atoms with E-state index in [1.54, 1.807) is 30.3 Å². The number of fused-ring (bicyclic) bond motifs is 6. The molecule has 0 unspecified atom stereocenters. The summed E-state index contributed by atoms with van der Waals surface area (Å²) in [6.45, 7) is 0. The predicted octanol–water partition coefficient (Wildman–Crippen LogP) is 15.1. The first kappa shape index (κ1) is 41.1. The molecule has 0 aliphatic carbocycles. The molecule has 2 heterocycles. The lowest BCUT2D eigenvalue weighted by Crippen LogP contribution is -2.08. The van der Waals surface area contributed by atoms with Crippen LogP contribution in [0, 0.1) is 45.3 Å². The van der Waals surface area contributed by atoms with Crippen LogP contribution < -0.4 is 0 Å². The zero-order valence-electron chi connectivity index (χ0n) is 35.7. The van der Waals surface area contributed by atoms with E-state index in [-0.39, 0.29) is 16.7 Å². The Balaban J connectivity index is 1.21. The normalized spacial score (nSPS) is 11.4. The van der Waals surface area contributed by atoms with Crippen molar-refractivity contribution in [3.63, 3.8) is 0 Å². The van der Waals surface area contributed by atoms with Crippen LogP contribution >= 0.6 is 0 Å². The Morgan fingerprint density at radius 3 is 1.41 bits per heavy atom. The van der Waals surface area contributed by atoms with Crippen molar-refractivity contribution in [2.24, 2.45) is 0 Å². The van der Waals surface area contributed by atoms with E-state index in [1.807, 2.05) is 133 Å². The molecule has 11 rings (SSSR count). The largest absolute Gasteiger partial charge is 0.417 e. The third-order valence-electron chi connectivity index (χ3n) is 12.7. The van der Waals surface area contributed by atoms with Crippen LogP contribution in [0.25, 0.3) is 99.5 Å². The van der Waals surface area contributed by atoms with Crippen molar-refractivity contribution in [1.82, 2.24) is 9.13 Å². The molecule has 0 spiro atoms. The first-order valence-electron chi connectivity index (χ1n) is 21.5. The first-order valence-corrected chi connectivity index (χ1v) is 21.5. The Morgan fingerprint density at radius 2 is 0.824 bits per heavy atom. The van der Waals surface area contributed by atoms with Gasteiger partial charge in [-0.15, -0.1) is 0 Å². The van der Waals surface area contributed by atoms with Crippen LogP contribution in [-0.4, -0.2) is 9.13 Å². The van der Waals surface area contributed by atoms with Gasteiger partial charge in [0.15, 0.2) is 0 Å². The van der Waals surface area contributed by atoms with Gasteiger partial charge in [0.05, 0.1) is 79.8 Å². The molecule has 68 heavy (non-hydrogen) atoms. The zero-order chi connectivity index (χ0) is 46.7. The third kappa shape index (κ3) is 6.79. The molecular formula is C59H31F3N6. The fraction of sp³-hybridized carbons (Fsp3) is 0.0169. The van der Waals surface area contributed by atoms with Gasteiger partial charge in [0.25, 0.3) is 0 Å². The van der Waals surface area contributed by atoms with Gasteiger partial charge in [-0.05, 0) is 142 Å². The molecule has 2 aromatic heterocycles. The number of nitrogens with zero attached hydrogens (tertiary/aromatic N) is 6. The Morgan fingerprint density at radius 1 is 0.338 bits per heavy atom. The van der Waals surface area contributed by atoms with Crippen molar-refractivity contribution in [3.8, 4) is 80.2 Å². The number of aromatic nitrogens is 2. The van der Waals surface area contributed by atoms with Crippen molar-refractivity contribution in [2.75, 3.05) is 0 Å². The van der Waals surface area contributed by atoms with Crippen molar-refractivity contribution in [3.05, 3.63) is 216 Å². The van der Waals surface area contributed by atoms with Crippen LogP contribution in [0.1, 0.15) is 27.8 Å². The molecule has 0 aliphatic rings. The molecular weight excluding hydrogens is 850 g/mol. The average Bonchev–Trinajstić information content (AvgIpc) is 3.90. The smallest absolute Gasteiger partial charge is 0.309 e. The topological polar surface area (TPSA) is 105 Å². The number of nitriles is 4. The van der Waals surface area contributed by atoms with Gasteiger partial charge in [0, 0.05) is 32.8 Å². The van der Waals surface area contributed by atoms with Crippen molar-refractivity contribution >= 4 is 43.6 Å². The van der Waals surface area contributed by atoms with Crippen LogP contribution in [0.2, 0.25) is 0 Å². The highest BCUT2D eigenvalue weighted by Crippen LogP contribution is 2.46. The van der Waals surface area contributed by atoms with E-state index in [0.717, 1.165) is 71.9 Å². The lowest BCUT2D eigenvalue weighted by molar-refractivity contribution is -0.137. The molecule has 0 amide bonds. The van der Waals surface area contributed by atoms with Gasteiger partial charge < -0.3 is 9.13 Å². The van der Waals surface area contributed by atoms with Crippen molar-refractivity contribution in [2.45, 2.75) is 6.18 Å². The maximum atomic E-state index is 15.2. The van der Waals surface area contributed by atoms with Crippen LogP contribution in [-0.2, 0) is 6.18 Å². The lowest BCUT2D eigenvalue weighted by Gasteiger charge is -2.21. The molecule has 6 nitrogen and oxygen atoms in total. The fourth-order valence-electron chi connectivity index (χ4n) is 9.61. The summed E-state index contributed by atoms with van der Waals surface area (Å²) in [5.41, 5.74) is 9.61. The second kappa shape index (κ2) is 16.1. The standard InChI is InChI=1S/C59H31F3N6/c60-59(61,62)53-28-39(35-66)15-20-46(53)45-21-19-44(67-54-13-3-1-11-47(54)51-29-42(17-23-56(51)67)40-9-5-7-36(25-40)32-63)31-49(45)50-27-38(34-65)16-22-57(50)68-55-14-4-2-12-48(55)52-30-43(18-24-58(52)68)41-10-6-8-37(26-41)33-64/h1-31H. The maximum absolute atomic E-state index is 15.2. The molecule has 0 fully saturated rings. The Kier molecular flexibility index (Phi) is 9.72. The minimum Gasteiger partial charge on any atom is -0.309 e. The number of hydrogen-bond acceptors (Lipinski definition) is 4. The number of hydrogen-bond donors (Lipinski definition) is 0. The maximum Gasteiger partial charge on any atom is 0.417 e. The summed E-state index contributed by atoms with van der Waals surface area (Å²) in [7, 11) is 0. The van der Waals surface area contributed by atoms with Crippen LogP contribution in [0.15, 0.2) is 188 Å². The SMILES string of the molecule is N#Cc1cccc(-c2ccc3c(c2)c2ccccc2n3-c2ccc(-c3ccc(C#N)cc3C(F)(F)F)c(-c3cc(C#N)ccc3-n3c4ccccc4c4cc(-c5cccc(C#N)c5)ccc43)c2)c1. The molecule has 318 valence electrons. The number of alkyl halides is 3. The Labute approximate surface area is 387 Å². The number of rotatable bonds is 6. The molecule has 0 N–H and O–H groups in total. The molecule has 11 aromatic rings. The Bertz CT molecular complexity index is 4090. The molecule has 0 atom stereocenters. The highest BCUT2D eigenvalue weighted by molar-refractivity contribution is 6.12. The summed E-state index contributed by atoms with van der Waals surface area (Å²) in [4.78, 5) is 0. The van der Waals surface area contributed by atoms with Crippen LogP contribution in [0.4, 0.5) is 13.2 Å². The van der Waals surface area contributed by atoms with E-state index in [9.17, 15) is 21.0 Å². The van der Waals surface area contributed by atoms with E-state index in [4.69, 9.17) is 0 Å². The summed E-state index contributed by atoms with van der Waals surface area (Å²) in [6, 6.07) is 65.8. The summed E-state index contributed by atoms with van der Waals surface area (Å²) >= 11 is 0. The molecule has 9 aromatic carbocycles. The predicted molar refractivity (Wildman–Crippen MR) is 261 cm³/mol. The number of para-hydroxylation sites is 2. The van der Waals surface area contributed by atoms with E-state index in [2.05, 4.69) is 39.5 Å². The molecule has 0 radical (unpaired) electrons. The van der Waals surface area contributed by atoms with Gasteiger partial charge in [0.2, 0.25) is 0 Å². The van der Waals surface area contributed by atoms with Gasteiger partial charge in [-0.25, -0.2) is 0 Å². The number of halogens is 3. The van der Waals surface area contributed by atoms with Gasteiger partial charge >= 0.3 is 6.18 Å². The minimum atomic E-state index is -4.82. The molecule has 0 saturated heterocycles. The highest BCUT2D eigenvalue weighted by atomic mass is 19.4. The van der Waals surface area contributed by atoms with E-state index >= 15 is 13.2 Å². The third-order valence-corrected chi connectivity index (χ3v) is 12.7. The van der Waals surface area contributed by atoms with E-state index in [1.165, 1.54) is 12.1 Å². The van der Waals surface area contributed by atoms with Gasteiger partial charge in [-0.2, -0.15) is 34.2 Å². The average molecular weight is 881 g/mol. The minimum absolute atomic E-state index is 0.121. The molecule has 9 heteroatoms. The van der Waals surface area contributed by atoms with E-state index < -0.39 is 11.7 Å². The summed E-state index contributed by atoms with van der Waals surface area (Å²) in [6.07, 6.45) is -4.82. The molecule has 0 aliphatic heterocycles. The van der Waals surface area contributed by atoms with Gasteiger partial charge in [-0.3, -0.25) is 0 Å². The lowest BCUT2D eigenvalue weighted by atomic mass is 9.89. The van der Waals surface area contributed by atoms with Crippen LogP contribution in [0.5, 0.6) is 0 Å². The summed E-state index contributed by atoms with van der Waals surface area (Å²) in [5.74, 6) is 0. The van der Waals surface area contributed by atoms with Crippen molar-refractivity contribution in [1.29, 1.82) is 21.0 Å².